The molecule has 6 heteroatoms. The Bertz CT molecular complexity index is 496. The van der Waals surface area contributed by atoms with Crippen LogP contribution in [0, 0.1) is 5.41 Å². The highest BCUT2D eigenvalue weighted by Crippen LogP contribution is 2.43. The summed E-state index contributed by atoms with van der Waals surface area (Å²) in [6.07, 6.45) is 0. The minimum Gasteiger partial charge on any atom is -0.466 e. The molecular weight excluding hydrogens is 262 g/mol. The van der Waals surface area contributed by atoms with E-state index < -0.39 is 22.9 Å². The summed E-state index contributed by atoms with van der Waals surface area (Å²) in [5.74, 6) is -1.75. The summed E-state index contributed by atoms with van der Waals surface area (Å²) in [5, 5.41) is 0. The number of hydrogen-bond donors (Lipinski definition) is 0. The summed E-state index contributed by atoms with van der Waals surface area (Å²) < 4.78 is 9.45. The van der Waals surface area contributed by atoms with Crippen LogP contribution in [0.1, 0.15) is 34.6 Å². The lowest BCUT2D eigenvalue weighted by Gasteiger charge is -2.34. The number of hydrogen-bond acceptors (Lipinski definition) is 5. The molecule has 1 aliphatic rings. The Labute approximate surface area is 118 Å². The molecule has 0 unspecified atom stereocenters. The van der Waals surface area contributed by atoms with E-state index in [-0.39, 0.29) is 17.2 Å². The van der Waals surface area contributed by atoms with E-state index in [0.717, 1.165) is 0 Å². The lowest BCUT2D eigenvalue weighted by atomic mass is 9.85. The molecule has 0 spiro atoms. The Balaban J connectivity index is 3.65. The number of amides is 1. The van der Waals surface area contributed by atoms with Crippen LogP contribution < -0.4 is 0 Å². The maximum Gasteiger partial charge on any atom is 0.355 e. The fourth-order valence-electron chi connectivity index (χ4n) is 2.28. The van der Waals surface area contributed by atoms with E-state index in [4.69, 9.17) is 9.47 Å². The summed E-state index contributed by atoms with van der Waals surface area (Å²) in [6.45, 7) is 8.53. The second kappa shape index (κ2) is 4.92. The molecule has 1 rings (SSSR count). The molecule has 0 aromatic rings. The zero-order valence-corrected chi connectivity index (χ0v) is 13.0. The molecule has 0 aromatic heterocycles. The van der Waals surface area contributed by atoms with Crippen LogP contribution in [0.4, 0.5) is 0 Å². The Morgan fingerprint density at radius 2 is 1.50 bits per heavy atom. The monoisotopic (exact) mass is 283 g/mol. The maximum atomic E-state index is 12.6. The molecule has 0 aliphatic carbocycles. The zero-order chi connectivity index (χ0) is 15.9. The highest BCUT2D eigenvalue weighted by molar-refractivity contribution is 6.12. The van der Waals surface area contributed by atoms with Gasteiger partial charge in [-0.25, -0.2) is 9.59 Å². The molecule has 1 aliphatic heterocycles. The molecule has 0 atom stereocenters. The number of carbonyl (C=O) groups is 3. The van der Waals surface area contributed by atoms with E-state index in [1.54, 1.807) is 34.6 Å². The van der Waals surface area contributed by atoms with Gasteiger partial charge in [0.15, 0.2) is 0 Å². The third-order valence-corrected chi connectivity index (χ3v) is 3.26. The van der Waals surface area contributed by atoms with Gasteiger partial charge in [-0.2, -0.15) is 0 Å². The SMILES string of the molecule is COC(=O)C1=C(C(=O)OC)C(C)(C)C(=O)N1C(C)(C)C. The standard InChI is InChI=1S/C14H21NO5/c1-13(2,3)15-9(11(17)20-7)8(10(16)19-6)14(4,5)12(15)18/h1-7H3. The first kappa shape index (κ1) is 16.2. The van der Waals surface area contributed by atoms with Crippen molar-refractivity contribution < 1.29 is 23.9 Å². The van der Waals surface area contributed by atoms with Gasteiger partial charge < -0.3 is 9.47 Å². The third kappa shape index (κ3) is 2.30. The Hall–Kier alpha value is -1.85. The average molecular weight is 283 g/mol. The molecule has 1 heterocycles. The van der Waals surface area contributed by atoms with Crippen LogP contribution in [0.3, 0.4) is 0 Å². The number of carbonyl (C=O) groups excluding carboxylic acids is 3. The molecule has 0 bridgehead atoms. The van der Waals surface area contributed by atoms with Crippen LogP contribution in [0.25, 0.3) is 0 Å². The highest BCUT2D eigenvalue weighted by Gasteiger charge is 2.54. The van der Waals surface area contributed by atoms with Gasteiger partial charge in [0.1, 0.15) is 5.70 Å². The molecule has 0 fully saturated rings. The van der Waals surface area contributed by atoms with Gasteiger partial charge in [0.05, 0.1) is 25.2 Å². The molecule has 0 N–H and O–H groups in total. The first-order valence-electron chi connectivity index (χ1n) is 6.26. The van der Waals surface area contributed by atoms with E-state index in [0.29, 0.717) is 0 Å². The van der Waals surface area contributed by atoms with Gasteiger partial charge >= 0.3 is 11.9 Å². The zero-order valence-electron chi connectivity index (χ0n) is 13.0. The topological polar surface area (TPSA) is 72.9 Å². The van der Waals surface area contributed by atoms with Crippen LogP contribution in [0.2, 0.25) is 0 Å². The molecule has 0 saturated carbocycles. The summed E-state index contributed by atoms with van der Waals surface area (Å²) in [4.78, 5) is 38.0. The first-order chi connectivity index (χ1) is 9.00. The van der Waals surface area contributed by atoms with E-state index in [1.807, 2.05) is 0 Å². The van der Waals surface area contributed by atoms with E-state index in [9.17, 15) is 14.4 Å². The summed E-state index contributed by atoms with van der Waals surface area (Å²) >= 11 is 0. The van der Waals surface area contributed by atoms with Gasteiger partial charge in [0, 0.05) is 5.54 Å². The van der Waals surface area contributed by atoms with Gasteiger partial charge in [0.25, 0.3) is 0 Å². The van der Waals surface area contributed by atoms with Gasteiger partial charge in [-0.3, -0.25) is 9.69 Å². The predicted molar refractivity (Wildman–Crippen MR) is 71.4 cm³/mol. The Kier molecular flexibility index (Phi) is 3.99. The van der Waals surface area contributed by atoms with Crippen LogP contribution >= 0.6 is 0 Å². The minimum atomic E-state index is -1.14. The quantitative estimate of drug-likeness (QED) is 0.713. The number of nitrogens with zero attached hydrogens (tertiary/aromatic N) is 1. The first-order valence-corrected chi connectivity index (χ1v) is 6.26. The normalized spacial score (nSPS) is 18.4. The molecular formula is C14H21NO5. The summed E-state index contributed by atoms with van der Waals surface area (Å²) in [7, 11) is 2.42. The van der Waals surface area contributed by atoms with Crippen molar-refractivity contribution in [2.45, 2.75) is 40.2 Å². The van der Waals surface area contributed by atoms with Crippen LogP contribution in [-0.4, -0.2) is 42.5 Å². The summed E-state index contributed by atoms with van der Waals surface area (Å²) in [5.41, 5.74) is -1.80. The lowest BCUT2D eigenvalue weighted by molar-refractivity contribution is -0.145. The van der Waals surface area contributed by atoms with Gasteiger partial charge in [-0.05, 0) is 34.6 Å². The lowest BCUT2D eigenvalue weighted by Crippen LogP contribution is -2.46. The Morgan fingerprint density at radius 1 is 1.05 bits per heavy atom. The van der Waals surface area contributed by atoms with Crippen molar-refractivity contribution in [3.05, 3.63) is 11.3 Å². The van der Waals surface area contributed by atoms with Crippen molar-refractivity contribution >= 4 is 17.8 Å². The van der Waals surface area contributed by atoms with Gasteiger partial charge in [0.2, 0.25) is 5.91 Å². The van der Waals surface area contributed by atoms with Crippen LogP contribution in [0.5, 0.6) is 0 Å². The molecule has 0 saturated heterocycles. The minimum absolute atomic E-state index is 0.0341. The van der Waals surface area contributed by atoms with Crippen molar-refractivity contribution in [1.29, 1.82) is 0 Å². The fraction of sp³-hybridized carbons (Fsp3) is 0.643. The molecule has 6 nitrogen and oxygen atoms in total. The number of ether oxygens (including phenoxy) is 2. The number of rotatable bonds is 2. The molecule has 1 amide bonds. The fourth-order valence-corrected chi connectivity index (χ4v) is 2.28. The number of methoxy groups -OCH3 is 2. The molecule has 0 radical (unpaired) electrons. The highest BCUT2D eigenvalue weighted by atomic mass is 16.5. The third-order valence-electron chi connectivity index (χ3n) is 3.26. The van der Waals surface area contributed by atoms with Crippen molar-refractivity contribution in [3.63, 3.8) is 0 Å². The average Bonchev–Trinajstić information content (AvgIpc) is 2.55. The van der Waals surface area contributed by atoms with Crippen molar-refractivity contribution in [2.75, 3.05) is 14.2 Å². The van der Waals surface area contributed by atoms with Crippen molar-refractivity contribution in [1.82, 2.24) is 4.90 Å². The molecule has 0 aromatic carbocycles. The van der Waals surface area contributed by atoms with Crippen molar-refractivity contribution in [3.8, 4) is 0 Å². The van der Waals surface area contributed by atoms with E-state index in [1.165, 1.54) is 19.1 Å². The van der Waals surface area contributed by atoms with E-state index in [2.05, 4.69) is 0 Å². The predicted octanol–water partition coefficient (Wildman–Crippen LogP) is 1.25. The maximum absolute atomic E-state index is 12.6. The van der Waals surface area contributed by atoms with E-state index >= 15 is 0 Å². The number of esters is 2. The van der Waals surface area contributed by atoms with Crippen molar-refractivity contribution in [2.24, 2.45) is 5.41 Å². The van der Waals surface area contributed by atoms with Gasteiger partial charge in [-0.15, -0.1) is 0 Å². The van der Waals surface area contributed by atoms with Gasteiger partial charge in [-0.1, -0.05) is 0 Å². The van der Waals surface area contributed by atoms with Crippen LogP contribution in [-0.2, 0) is 23.9 Å². The van der Waals surface area contributed by atoms with Crippen LogP contribution in [0.15, 0.2) is 11.3 Å². The Morgan fingerprint density at radius 3 is 1.85 bits per heavy atom. The smallest absolute Gasteiger partial charge is 0.355 e. The second-order valence-electron chi connectivity index (χ2n) is 6.14. The summed E-state index contributed by atoms with van der Waals surface area (Å²) in [6, 6.07) is 0. The molecule has 20 heavy (non-hydrogen) atoms. The second-order valence-corrected chi connectivity index (χ2v) is 6.14. The largest absolute Gasteiger partial charge is 0.466 e. The molecule has 112 valence electrons.